The van der Waals surface area contributed by atoms with Gasteiger partial charge in [0.15, 0.2) is 0 Å². The van der Waals surface area contributed by atoms with Crippen LogP contribution >= 0.6 is 0 Å². The Morgan fingerprint density at radius 1 is 0.806 bits per heavy atom. The number of phenolic OH excluding ortho intramolecular Hbond substituents is 2. The topological polar surface area (TPSA) is 52.9 Å². The lowest BCUT2D eigenvalue weighted by molar-refractivity contribution is 0.248. The molecule has 0 bridgehead atoms. The SMILES string of the molecule is Oc1ccc([C@H]2COc3ccc(O)cc3C2c2ccc(CCN3CCCC3)cc2)cc1. The Labute approximate surface area is 183 Å². The van der Waals surface area contributed by atoms with Crippen LogP contribution in [0.4, 0.5) is 0 Å². The summed E-state index contributed by atoms with van der Waals surface area (Å²) in [6.07, 6.45) is 3.73. The number of nitrogens with zero attached hydrogens (tertiary/aromatic N) is 1. The number of ether oxygens (including phenoxy) is 1. The molecular weight excluding hydrogens is 386 g/mol. The van der Waals surface area contributed by atoms with Crippen LogP contribution in [0.15, 0.2) is 66.7 Å². The van der Waals surface area contributed by atoms with Gasteiger partial charge in [-0.25, -0.2) is 0 Å². The van der Waals surface area contributed by atoms with Gasteiger partial charge in [0, 0.05) is 23.9 Å². The number of benzene rings is 3. The summed E-state index contributed by atoms with van der Waals surface area (Å²) in [5, 5.41) is 19.9. The van der Waals surface area contributed by atoms with Crippen LogP contribution in [-0.2, 0) is 6.42 Å². The van der Waals surface area contributed by atoms with Gasteiger partial charge in [0.2, 0.25) is 0 Å². The van der Waals surface area contributed by atoms with Gasteiger partial charge >= 0.3 is 0 Å². The quantitative estimate of drug-likeness (QED) is 0.613. The van der Waals surface area contributed by atoms with E-state index in [1.807, 2.05) is 24.3 Å². The molecule has 0 saturated carbocycles. The number of phenols is 2. The lowest BCUT2D eigenvalue weighted by atomic mass is 9.75. The molecule has 0 spiro atoms. The van der Waals surface area contributed by atoms with Crippen molar-refractivity contribution in [2.45, 2.75) is 31.1 Å². The van der Waals surface area contributed by atoms with E-state index in [4.69, 9.17) is 4.74 Å². The molecule has 3 aromatic carbocycles. The molecule has 0 radical (unpaired) electrons. The summed E-state index contributed by atoms with van der Waals surface area (Å²) in [6, 6.07) is 21.7. The number of fused-ring (bicyclic) bond motifs is 1. The minimum atomic E-state index is 0.0769. The lowest BCUT2D eigenvalue weighted by Gasteiger charge is -2.34. The second kappa shape index (κ2) is 8.64. The summed E-state index contributed by atoms with van der Waals surface area (Å²) in [5.41, 5.74) is 4.71. The molecule has 2 N–H and O–H groups in total. The molecule has 31 heavy (non-hydrogen) atoms. The molecule has 1 saturated heterocycles. The van der Waals surface area contributed by atoms with E-state index in [2.05, 4.69) is 29.2 Å². The third kappa shape index (κ3) is 4.26. The van der Waals surface area contributed by atoms with Crippen molar-refractivity contribution in [3.63, 3.8) is 0 Å². The first-order chi connectivity index (χ1) is 15.2. The van der Waals surface area contributed by atoms with Crippen LogP contribution in [-0.4, -0.2) is 41.4 Å². The zero-order valence-corrected chi connectivity index (χ0v) is 17.7. The minimum absolute atomic E-state index is 0.0769. The minimum Gasteiger partial charge on any atom is -0.508 e. The van der Waals surface area contributed by atoms with Crippen molar-refractivity contribution in [2.75, 3.05) is 26.2 Å². The predicted molar refractivity (Wildman–Crippen MR) is 122 cm³/mol. The van der Waals surface area contributed by atoms with Gasteiger partial charge < -0.3 is 19.8 Å². The number of likely N-dealkylation sites (tertiary alicyclic amines) is 1. The van der Waals surface area contributed by atoms with Crippen LogP contribution in [0.5, 0.6) is 17.2 Å². The zero-order chi connectivity index (χ0) is 21.2. The highest BCUT2D eigenvalue weighted by molar-refractivity contribution is 5.51. The fraction of sp³-hybridized carbons (Fsp3) is 0.333. The first-order valence-corrected chi connectivity index (χ1v) is 11.2. The van der Waals surface area contributed by atoms with E-state index in [0.29, 0.717) is 6.61 Å². The first kappa shape index (κ1) is 20.0. The molecule has 160 valence electrons. The second-order valence-electron chi connectivity index (χ2n) is 8.75. The van der Waals surface area contributed by atoms with Crippen molar-refractivity contribution in [1.29, 1.82) is 0 Å². The van der Waals surface area contributed by atoms with E-state index in [1.54, 1.807) is 18.2 Å². The molecular formula is C27H29NO3. The van der Waals surface area contributed by atoms with Crippen LogP contribution in [0.3, 0.4) is 0 Å². The van der Waals surface area contributed by atoms with E-state index in [9.17, 15) is 10.2 Å². The van der Waals surface area contributed by atoms with Crippen LogP contribution in [0.2, 0.25) is 0 Å². The van der Waals surface area contributed by atoms with Gasteiger partial charge in [0.05, 0.1) is 6.61 Å². The summed E-state index contributed by atoms with van der Waals surface area (Å²) >= 11 is 0. The molecule has 1 unspecified atom stereocenters. The highest BCUT2D eigenvalue weighted by atomic mass is 16.5. The maximum Gasteiger partial charge on any atom is 0.123 e. The third-order valence-electron chi connectivity index (χ3n) is 6.72. The summed E-state index contributed by atoms with van der Waals surface area (Å²) in [5.74, 6) is 1.52. The number of aromatic hydroxyl groups is 2. The van der Waals surface area contributed by atoms with Crippen LogP contribution in [0, 0.1) is 0 Å². The molecule has 0 amide bonds. The van der Waals surface area contributed by atoms with Gasteiger partial charge in [0.1, 0.15) is 17.2 Å². The van der Waals surface area contributed by atoms with Crippen LogP contribution in [0.25, 0.3) is 0 Å². The number of rotatable bonds is 5. The molecule has 2 aliphatic heterocycles. The Hall–Kier alpha value is -2.98. The highest BCUT2D eigenvalue weighted by Gasteiger charge is 2.33. The van der Waals surface area contributed by atoms with Crippen molar-refractivity contribution in [2.24, 2.45) is 0 Å². The van der Waals surface area contributed by atoms with Gasteiger partial charge in [-0.05, 0) is 79.4 Å². The fourth-order valence-corrected chi connectivity index (χ4v) is 5.01. The molecule has 0 aromatic heterocycles. The maximum atomic E-state index is 10.2. The Kier molecular flexibility index (Phi) is 5.56. The molecule has 0 aliphatic carbocycles. The molecule has 2 atom stereocenters. The van der Waals surface area contributed by atoms with Crippen molar-refractivity contribution in [1.82, 2.24) is 4.90 Å². The molecule has 3 aromatic rings. The molecule has 2 heterocycles. The number of hydrogen-bond donors (Lipinski definition) is 2. The predicted octanol–water partition coefficient (Wildman–Crippen LogP) is 5.04. The highest BCUT2D eigenvalue weighted by Crippen LogP contribution is 2.47. The van der Waals surface area contributed by atoms with Gasteiger partial charge in [-0.2, -0.15) is 0 Å². The molecule has 4 heteroatoms. The van der Waals surface area contributed by atoms with Gasteiger partial charge in [0.25, 0.3) is 0 Å². The van der Waals surface area contributed by atoms with Crippen LogP contribution < -0.4 is 4.74 Å². The Morgan fingerprint density at radius 3 is 2.23 bits per heavy atom. The van der Waals surface area contributed by atoms with E-state index in [0.717, 1.165) is 29.8 Å². The first-order valence-electron chi connectivity index (χ1n) is 11.2. The summed E-state index contributed by atoms with van der Waals surface area (Å²) in [4.78, 5) is 2.55. The maximum absolute atomic E-state index is 10.2. The molecule has 4 nitrogen and oxygen atoms in total. The van der Waals surface area contributed by atoms with E-state index in [-0.39, 0.29) is 23.3 Å². The smallest absolute Gasteiger partial charge is 0.123 e. The van der Waals surface area contributed by atoms with E-state index < -0.39 is 0 Å². The average Bonchev–Trinajstić information content (AvgIpc) is 3.32. The second-order valence-corrected chi connectivity index (χ2v) is 8.75. The largest absolute Gasteiger partial charge is 0.508 e. The van der Waals surface area contributed by atoms with Gasteiger partial charge in [-0.15, -0.1) is 0 Å². The average molecular weight is 416 g/mol. The van der Waals surface area contributed by atoms with Crippen molar-refractivity contribution in [3.05, 3.63) is 89.0 Å². The van der Waals surface area contributed by atoms with Gasteiger partial charge in [-0.3, -0.25) is 0 Å². The molecule has 1 fully saturated rings. The Bertz CT molecular complexity index is 1020. The van der Waals surface area contributed by atoms with E-state index >= 15 is 0 Å². The number of hydrogen-bond acceptors (Lipinski definition) is 4. The fourth-order valence-electron chi connectivity index (χ4n) is 5.01. The normalized spacial score (nSPS) is 20.9. The molecule has 5 rings (SSSR count). The monoisotopic (exact) mass is 415 g/mol. The standard InChI is InChI=1S/C27H29NO3/c29-22-9-7-20(8-10-22)25-18-31-26-12-11-23(30)17-24(26)27(25)21-5-3-19(4-6-21)13-16-28-14-1-2-15-28/h3-12,17,25,27,29-30H,1-2,13-16,18H2/t25-,27?/m1/s1. The summed E-state index contributed by atoms with van der Waals surface area (Å²) < 4.78 is 6.07. The third-order valence-corrected chi connectivity index (χ3v) is 6.72. The van der Waals surface area contributed by atoms with Crippen molar-refractivity contribution >= 4 is 0 Å². The summed E-state index contributed by atoms with van der Waals surface area (Å²) in [7, 11) is 0. The van der Waals surface area contributed by atoms with Crippen LogP contribution in [0.1, 0.15) is 46.9 Å². The van der Waals surface area contributed by atoms with Gasteiger partial charge in [-0.1, -0.05) is 36.4 Å². The summed E-state index contributed by atoms with van der Waals surface area (Å²) in [6.45, 7) is 4.15. The van der Waals surface area contributed by atoms with Crippen molar-refractivity contribution < 1.29 is 14.9 Å². The zero-order valence-electron chi connectivity index (χ0n) is 17.7. The molecule has 2 aliphatic rings. The van der Waals surface area contributed by atoms with E-state index in [1.165, 1.54) is 37.1 Å². The Morgan fingerprint density at radius 2 is 1.48 bits per heavy atom. The lowest BCUT2D eigenvalue weighted by Crippen LogP contribution is -2.25. The Balaban J connectivity index is 1.45. The van der Waals surface area contributed by atoms with Crippen molar-refractivity contribution in [3.8, 4) is 17.2 Å².